The Labute approximate surface area is 154 Å². The first-order chi connectivity index (χ1) is 12.5. The molecule has 26 heavy (non-hydrogen) atoms. The monoisotopic (exact) mass is 369 g/mol. The van der Waals surface area contributed by atoms with Gasteiger partial charge in [-0.3, -0.25) is 14.6 Å². The van der Waals surface area contributed by atoms with Gasteiger partial charge in [0.15, 0.2) is 0 Å². The van der Waals surface area contributed by atoms with Crippen LogP contribution in [0.4, 0.5) is 0 Å². The molecule has 2 aliphatic heterocycles. The zero-order chi connectivity index (χ0) is 18.1. The van der Waals surface area contributed by atoms with Gasteiger partial charge in [-0.05, 0) is 30.0 Å². The maximum atomic E-state index is 12.2. The van der Waals surface area contributed by atoms with Crippen LogP contribution in [0, 0.1) is 5.92 Å². The maximum absolute atomic E-state index is 12.2. The number of likely N-dealkylation sites (tertiary alicyclic amines) is 1. The van der Waals surface area contributed by atoms with Crippen molar-refractivity contribution in [3.05, 3.63) is 65.7 Å². The Balaban J connectivity index is 1.48. The molecule has 0 aromatic heterocycles. The Bertz CT molecular complexity index is 925. The van der Waals surface area contributed by atoms with Crippen LogP contribution in [0.5, 0.6) is 0 Å². The molecule has 2 aliphatic rings. The number of nitrogens with one attached hydrogen (secondary N) is 1. The largest absolute Gasteiger partial charge is 0.299 e. The second-order valence-corrected chi connectivity index (χ2v) is 8.78. The third-order valence-corrected chi connectivity index (χ3v) is 6.55. The first-order valence-corrected chi connectivity index (χ1v) is 10.5. The summed E-state index contributed by atoms with van der Waals surface area (Å²) in [6.07, 6.45) is 0.932. The molecule has 0 aliphatic carbocycles. The van der Waals surface area contributed by atoms with Crippen LogP contribution in [0.3, 0.4) is 0 Å². The summed E-state index contributed by atoms with van der Waals surface area (Å²) in [5.41, 5.74) is 2.01. The minimum atomic E-state index is -3.47. The summed E-state index contributed by atoms with van der Waals surface area (Å²) in [4.78, 5) is 7.57. The van der Waals surface area contributed by atoms with E-state index in [-0.39, 0.29) is 6.04 Å². The first-order valence-electron chi connectivity index (χ1n) is 8.99. The summed E-state index contributed by atoms with van der Waals surface area (Å²) in [5, 5.41) is 0. The summed E-state index contributed by atoms with van der Waals surface area (Å²) >= 11 is 0. The van der Waals surface area contributed by atoms with Crippen LogP contribution in [0.25, 0.3) is 0 Å². The zero-order valence-electron chi connectivity index (χ0n) is 14.8. The summed E-state index contributed by atoms with van der Waals surface area (Å²) in [5.74, 6) is 0.867. The first kappa shape index (κ1) is 17.2. The molecular formula is C20H23N3O2S. The molecule has 2 unspecified atom stereocenters. The molecule has 6 heteroatoms. The van der Waals surface area contributed by atoms with Gasteiger partial charge in [-0.25, -0.2) is 8.42 Å². The summed E-state index contributed by atoms with van der Waals surface area (Å²) in [7, 11) is -3.47. The van der Waals surface area contributed by atoms with E-state index in [1.54, 1.807) is 12.1 Å². The lowest BCUT2D eigenvalue weighted by atomic mass is 9.94. The van der Waals surface area contributed by atoms with Crippen LogP contribution in [0.1, 0.15) is 24.5 Å². The zero-order valence-corrected chi connectivity index (χ0v) is 15.6. The number of fused-ring (bicyclic) bond motifs is 1. The van der Waals surface area contributed by atoms with Gasteiger partial charge < -0.3 is 0 Å². The van der Waals surface area contributed by atoms with E-state index in [4.69, 9.17) is 4.99 Å². The number of hydrogen-bond acceptors (Lipinski definition) is 4. The van der Waals surface area contributed by atoms with Gasteiger partial charge in [0, 0.05) is 25.2 Å². The van der Waals surface area contributed by atoms with Crippen molar-refractivity contribution in [1.29, 1.82) is 0 Å². The summed E-state index contributed by atoms with van der Waals surface area (Å²) in [6, 6.07) is 17.7. The average molecular weight is 369 g/mol. The lowest BCUT2D eigenvalue weighted by molar-refractivity contribution is 0.158. The van der Waals surface area contributed by atoms with Crippen LogP contribution in [0.2, 0.25) is 0 Å². The fraction of sp³-hybridized carbons (Fsp3) is 0.350. The number of piperidine rings is 1. The van der Waals surface area contributed by atoms with E-state index >= 15 is 0 Å². The fourth-order valence-corrected chi connectivity index (χ4v) is 5.03. The van der Waals surface area contributed by atoms with Gasteiger partial charge in [-0.2, -0.15) is 0 Å². The van der Waals surface area contributed by atoms with Gasteiger partial charge in [0.05, 0.1) is 10.9 Å². The van der Waals surface area contributed by atoms with Crippen molar-refractivity contribution in [1.82, 2.24) is 9.62 Å². The molecule has 5 nitrogen and oxygen atoms in total. The summed E-state index contributed by atoms with van der Waals surface area (Å²) < 4.78 is 27.1. The molecule has 4 rings (SSSR count). The lowest BCUT2D eigenvalue weighted by Crippen LogP contribution is -2.41. The highest BCUT2D eigenvalue weighted by Gasteiger charge is 2.32. The van der Waals surface area contributed by atoms with E-state index in [0.717, 1.165) is 26.1 Å². The van der Waals surface area contributed by atoms with Crippen molar-refractivity contribution in [3.63, 3.8) is 0 Å². The van der Waals surface area contributed by atoms with E-state index in [2.05, 4.69) is 40.8 Å². The molecule has 2 heterocycles. The SMILES string of the molecule is CC1CN(Cc2ccccc2)CCC1N=C1NS(=O)(=O)c2ccccc21. The molecule has 2 atom stereocenters. The molecule has 1 N–H and O–H groups in total. The Morgan fingerprint density at radius 2 is 1.85 bits per heavy atom. The number of sulfonamides is 1. The Kier molecular flexibility index (Phi) is 4.54. The quantitative estimate of drug-likeness (QED) is 0.905. The van der Waals surface area contributed by atoms with E-state index in [1.165, 1.54) is 5.56 Å². The van der Waals surface area contributed by atoms with Gasteiger partial charge in [0.25, 0.3) is 10.0 Å². The molecule has 0 amide bonds. The van der Waals surface area contributed by atoms with Crippen molar-refractivity contribution in [2.24, 2.45) is 10.9 Å². The normalized spacial score (nSPS) is 26.4. The van der Waals surface area contributed by atoms with Gasteiger partial charge in [0.2, 0.25) is 0 Å². The standard InChI is InChI=1S/C20H23N3O2S/c1-15-13-23(14-16-7-3-2-4-8-16)12-11-18(15)21-20-17-9-5-6-10-19(17)26(24,25)22-20/h2-10,15,18H,11-14H2,1H3,(H,21,22). The third kappa shape index (κ3) is 3.39. The Morgan fingerprint density at radius 1 is 1.12 bits per heavy atom. The van der Waals surface area contributed by atoms with Crippen LogP contribution in [-0.4, -0.2) is 38.3 Å². The van der Waals surface area contributed by atoms with Crippen LogP contribution < -0.4 is 4.72 Å². The molecule has 0 saturated carbocycles. The number of nitrogens with zero attached hydrogens (tertiary/aromatic N) is 2. The molecule has 1 saturated heterocycles. The topological polar surface area (TPSA) is 61.8 Å². The predicted octanol–water partition coefficient (Wildman–Crippen LogP) is 2.64. The number of hydrogen-bond donors (Lipinski definition) is 1. The van der Waals surface area contributed by atoms with Crippen molar-refractivity contribution in [2.45, 2.75) is 30.8 Å². The Morgan fingerprint density at radius 3 is 2.62 bits per heavy atom. The number of rotatable bonds is 3. The minimum absolute atomic E-state index is 0.130. The predicted molar refractivity (Wildman–Crippen MR) is 103 cm³/mol. The minimum Gasteiger partial charge on any atom is -0.299 e. The molecule has 0 radical (unpaired) electrons. The highest BCUT2D eigenvalue weighted by molar-refractivity contribution is 7.90. The number of aliphatic imine (C=N–C) groups is 1. The molecule has 2 aromatic carbocycles. The van der Waals surface area contributed by atoms with E-state index < -0.39 is 10.0 Å². The van der Waals surface area contributed by atoms with Crippen LogP contribution in [-0.2, 0) is 16.6 Å². The van der Waals surface area contributed by atoms with Gasteiger partial charge >= 0.3 is 0 Å². The number of benzene rings is 2. The average Bonchev–Trinajstić information content (AvgIpc) is 2.89. The van der Waals surface area contributed by atoms with E-state index in [1.807, 2.05) is 18.2 Å². The number of amidine groups is 1. The molecule has 0 bridgehead atoms. The molecule has 136 valence electrons. The summed E-state index contributed by atoms with van der Waals surface area (Å²) in [6.45, 7) is 5.07. The van der Waals surface area contributed by atoms with Crippen LogP contribution in [0.15, 0.2) is 64.5 Å². The van der Waals surface area contributed by atoms with Crippen molar-refractivity contribution < 1.29 is 8.42 Å². The van der Waals surface area contributed by atoms with Gasteiger partial charge in [-0.1, -0.05) is 49.4 Å². The second kappa shape index (κ2) is 6.85. The highest BCUT2D eigenvalue weighted by Crippen LogP contribution is 2.26. The second-order valence-electron chi connectivity index (χ2n) is 7.13. The third-order valence-electron chi connectivity index (χ3n) is 5.15. The smallest absolute Gasteiger partial charge is 0.263 e. The van der Waals surface area contributed by atoms with Gasteiger partial charge in [0.1, 0.15) is 5.84 Å². The van der Waals surface area contributed by atoms with Crippen molar-refractivity contribution in [3.8, 4) is 0 Å². The Hall–Kier alpha value is -2.18. The molecule has 2 aromatic rings. The molecule has 1 fully saturated rings. The van der Waals surface area contributed by atoms with E-state index in [9.17, 15) is 8.42 Å². The van der Waals surface area contributed by atoms with Crippen LogP contribution >= 0.6 is 0 Å². The molecular weight excluding hydrogens is 346 g/mol. The maximum Gasteiger partial charge on any atom is 0.263 e. The van der Waals surface area contributed by atoms with E-state index in [0.29, 0.717) is 22.2 Å². The highest BCUT2D eigenvalue weighted by atomic mass is 32.2. The fourth-order valence-electron chi connectivity index (χ4n) is 3.79. The molecule has 0 spiro atoms. The van der Waals surface area contributed by atoms with Crippen molar-refractivity contribution >= 4 is 15.9 Å². The lowest BCUT2D eigenvalue weighted by Gasteiger charge is -2.35. The van der Waals surface area contributed by atoms with Crippen molar-refractivity contribution in [2.75, 3.05) is 13.1 Å². The van der Waals surface area contributed by atoms with Gasteiger partial charge in [-0.15, -0.1) is 0 Å².